The van der Waals surface area contributed by atoms with Gasteiger partial charge in [-0.05, 0) is 36.1 Å². The van der Waals surface area contributed by atoms with Crippen molar-refractivity contribution in [1.29, 1.82) is 0 Å². The molecule has 24 heavy (non-hydrogen) atoms. The van der Waals surface area contributed by atoms with Crippen molar-refractivity contribution in [2.45, 2.75) is 13.8 Å². The van der Waals surface area contributed by atoms with Gasteiger partial charge >= 0.3 is 0 Å². The van der Waals surface area contributed by atoms with Crippen LogP contribution in [-0.2, 0) is 0 Å². The monoisotopic (exact) mass is 312 g/mol. The van der Waals surface area contributed by atoms with Crippen LogP contribution in [0.5, 0.6) is 0 Å². The summed E-state index contributed by atoms with van der Waals surface area (Å²) in [7, 11) is 0. The Morgan fingerprint density at radius 1 is 0.667 bits per heavy atom. The predicted octanol–water partition coefficient (Wildman–Crippen LogP) is 7.08. The normalized spacial score (nSPS) is 10.1. The summed E-state index contributed by atoms with van der Waals surface area (Å²) in [4.78, 5) is 0. The number of benzene rings is 3. The average molecular weight is 312 g/mol. The minimum Gasteiger partial charge on any atom is -0.0991 e. The smallest absolute Gasteiger partial charge is 0.0181 e. The van der Waals surface area contributed by atoms with Gasteiger partial charge in [-0.25, -0.2) is 0 Å². The molecular weight excluding hydrogens is 288 g/mol. The highest BCUT2D eigenvalue weighted by molar-refractivity contribution is 5.70. The molecule has 3 aromatic carbocycles. The molecule has 0 fully saturated rings. The van der Waals surface area contributed by atoms with Crippen LogP contribution >= 0.6 is 0 Å². The molecule has 0 unspecified atom stereocenters. The van der Waals surface area contributed by atoms with Crippen LogP contribution in [0.2, 0.25) is 0 Å². The lowest BCUT2D eigenvalue weighted by atomic mass is 9.99. The molecule has 0 atom stereocenters. The van der Waals surface area contributed by atoms with Crippen LogP contribution in [0.25, 0.3) is 22.3 Å². The Bertz CT molecular complexity index is 778. The maximum Gasteiger partial charge on any atom is -0.0181 e. The molecule has 120 valence electrons. The third kappa shape index (κ3) is 5.10. The van der Waals surface area contributed by atoms with Gasteiger partial charge in [0.15, 0.2) is 0 Å². The lowest BCUT2D eigenvalue weighted by Crippen LogP contribution is -1.81. The van der Waals surface area contributed by atoms with Gasteiger partial charge in [-0.1, -0.05) is 109 Å². The van der Waals surface area contributed by atoms with Crippen molar-refractivity contribution in [3.05, 3.63) is 109 Å². The maximum absolute atomic E-state index is 3.46. The van der Waals surface area contributed by atoms with Crippen molar-refractivity contribution in [1.82, 2.24) is 0 Å². The quantitative estimate of drug-likeness (QED) is 0.453. The molecule has 0 saturated carbocycles. The van der Waals surface area contributed by atoms with Crippen LogP contribution in [0, 0.1) is 6.92 Å². The van der Waals surface area contributed by atoms with E-state index in [9.17, 15) is 0 Å². The molecule has 0 aliphatic carbocycles. The molecule has 0 bridgehead atoms. The molecule has 0 amide bonds. The first-order valence-corrected chi connectivity index (χ1v) is 8.21. The molecule has 0 N–H and O–H groups in total. The molecule has 0 aliphatic heterocycles. The van der Waals surface area contributed by atoms with E-state index in [-0.39, 0.29) is 0 Å². The zero-order valence-corrected chi connectivity index (χ0v) is 14.4. The van der Waals surface area contributed by atoms with E-state index in [1.165, 1.54) is 27.8 Å². The van der Waals surface area contributed by atoms with Crippen LogP contribution in [0.4, 0.5) is 0 Å². The lowest BCUT2D eigenvalue weighted by Gasteiger charge is -2.05. The van der Waals surface area contributed by atoms with E-state index in [1.807, 2.05) is 25.1 Å². The van der Waals surface area contributed by atoms with Gasteiger partial charge in [-0.15, -0.1) is 0 Å². The third-order valence-corrected chi connectivity index (χ3v) is 3.67. The van der Waals surface area contributed by atoms with Gasteiger partial charge in [-0.3, -0.25) is 0 Å². The molecule has 3 aromatic rings. The predicted molar refractivity (Wildman–Crippen MR) is 107 cm³/mol. The molecule has 0 heterocycles. The second-order valence-corrected chi connectivity index (χ2v) is 5.57. The summed E-state index contributed by atoms with van der Waals surface area (Å²) in [5.41, 5.74) is 6.36. The molecule has 0 aromatic heterocycles. The van der Waals surface area contributed by atoms with Crippen molar-refractivity contribution in [3.8, 4) is 22.3 Å². The summed E-state index contributed by atoms with van der Waals surface area (Å²) < 4.78 is 0. The number of hydrogen-bond acceptors (Lipinski definition) is 0. The van der Waals surface area contributed by atoms with Crippen LogP contribution in [0.3, 0.4) is 0 Å². The van der Waals surface area contributed by atoms with Crippen molar-refractivity contribution < 1.29 is 0 Å². The Morgan fingerprint density at radius 3 is 1.71 bits per heavy atom. The minimum atomic E-state index is 1.26. The minimum absolute atomic E-state index is 1.26. The molecule has 0 aliphatic rings. The Balaban J connectivity index is 0.000000368. The van der Waals surface area contributed by atoms with E-state index in [2.05, 4.69) is 86.3 Å². The fourth-order valence-corrected chi connectivity index (χ4v) is 2.45. The third-order valence-electron chi connectivity index (χ3n) is 3.67. The van der Waals surface area contributed by atoms with Crippen molar-refractivity contribution in [3.63, 3.8) is 0 Å². The fourth-order valence-electron chi connectivity index (χ4n) is 2.45. The summed E-state index contributed by atoms with van der Waals surface area (Å²) >= 11 is 0. The lowest BCUT2D eigenvalue weighted by molar-refractivity contribution is 1.47. The Hall–Kier alpha value is -2.86. The van der Waals surface area contributed by atoms with Crippen LogP contribution < -0.4 is 0 Å². The first kappa shape index (κ1) is 17.5. The van der Waals surface area contributed by atoms with Gasteiger partial charge < -0.3 is 0 Å². The highest BCUT2D eigenvalue weighted by atomic mass is 14.0. The zero-order valence-electron chi connectivity index (χ0n) is 14.4. The fraction of sp³-hybridized carbons (Fsp3) is 0.0833. The number of allylic oxidation sites excluding steroid dienone is 3. The van der Waals surface area contributed by atoms with E-state index in [1.54, 1.807) is 6.08 Å². The number of hydrogen-bond donors (Lipinski definition) is 0. The second-order valence-electron chi connectivity index (χ2n) is 5.57. The van der Waals surface area contributed by atoms with Crippen LogP contribution in [-0.4, -0.2) is 0 Å². The van der Waals surface area contributed by atoms with E-state index < -0.39 is 0 Å². The molecular formula is C24H24. The van der Waals surface area contributed by atoms with Gasteiger partial charge in [0.2, 0.25) is 0 Å². The van der Waals surface area contributed by atoms with E-state index in [0.717, 1.165) is 0 Å². The molecule has 0 radical (unpaired) electrons. The molecule has 0 heteroatoms. The van der Waals surface area contributed by atoms with Crippen molar-refractivity contribution in [2.75, 3.05) is 0 Å². The molecule has 0 saturated heterocycles. The first-order chi connectivity index (χ1) is 11.7. The van der Waals surface area contributed by atoms with Crippen molar-refractivity contribution >= 4 is 0 Å². The standard InChI is InChI=1S/C19H16.C5H8/c1-15-6-5-9-19(14-15)18-12-10-17(11-13-18)16-7-3-2-4-8-16;1-3-5-4-2/h2-14H,1H3;3-5H,1H2,2H3/b;5-4-. The van der Waals surface area contributed by atoms with E-state index in [4.69, 9.17) is 0 Å². The number of rotatable bonds is 3. The second kappa shape index (κ2) is 9.32. The van der Waals surface area contributed by atoms with Gasteiger partial charge in [0.05, 0.1) is 0 Å². The average Bonchev–Trinajstić information content (AvgIpc) is 2.64. The van der Waals surface area contributed by atoms with Gasteiger partial charge in [0.1, 0.15) is 0 Å². The Morgan fingerprint density at radius 2 is 1.21 bits per heavy atom. The molecule has 0 spiro atoms. The summed E-state index contributed by atoms with van der Waals surface area (Å²) in [6, 6.07) is 27.8. The largest absolute Gasteiger partial charge is 0.0991 e. The summed E-state index contributed by atoms with van der Waals surface area (Å²) in [6.45, 7) is 7.55. The van der Waals surface area contributed by atoms with Crippen molar-refractivity contribution in [2.24, 2.45) is 0 Å². The Kier molecular flexibility index (Phi) is 6.79. The topological polar surface area (TPSA) is 0 Å². The summed E-state index contributed by atoms with van der Waals surface area (Å²) in [5, 5.41) is 0. The summed E-state index contributed by atoms with van der Waals surface area (Å²) in [6.07, 6.45) is 5.58. The van der Waals surface area contributed by atoms with E-state index in [0.29, 0.717) is 0 Å². The van der Waals surface area contributed by atoms with Gasteiger partial charge in [0.25, 0.3) is 0 Å². The van der Waals surface area contributed by atoms with Gasteiger partial charge in [0, 0.05) is 0 Å². The highest BCUT2D eigenvalue weighted by Crippen LogP contribution is 2.25. The molecule has 0 nitrogen and oxygen atoms in total. The maximum atomic E-state index is 3.46. The SMILES string of the molecule is C=C/C=C\C.Cc1cccc(-c2ccc(-c3ccccc3)cc2)c1. The first-order valence-electron chi connectivity index (χ1n) is 8.21. The van der Waals surface area contributed by atoms with Crippen LogP contribution in [0.15, 0.2) is 104 Å². The highest BCUT2D eigenvalue weighted by Gasteiger charge is 2.00. The summed E-state index contributed by atoms with van der Waals surface area (Å²) in [5.74, 6) is 0. The van der Waals surface area contributed by atoms with Crippen LogP contribution in [0.1, 0.15) is 12.5 Å². The van der Waals surface area contributed by atoms with E-state index >= 15 is 0 Å². The Labute approximate surface area is 145 Å². The zero-order chi connectivity index (χ0) is 17.2. The number of aryl methyl sites for hydroxylation is 1. The van der Waals surface area contributed by atoms with Gasteiger partial charge in [-0.2, -0.15) is 0 Å². The molecule has 3 rings (SSSR count).